The summed E-state index contributed by atoms with van der Waals surface area (Å²) in [5, 5.41) is 1.56. The average Bonchev–Trinajstić information content (AvgIpc) is 2.87. The zero-order valence-corrected chi connectivity index (χ0v) is 12.3. The number of H-pyrrole nitrogens is 1. The maximum Gasteiger partial charge on any atom is 0.355 e. The van der Waals surface area contributed by atoms with Gasteiger partial charge in [-0.2, -0.15) is 0 Å². The number of carbonyl (C=O) groups excluding carboxylic acids is 1. The maximum atomic E-state index is 12.2. The van der Waals surface area contributed by atoms with Crippen LogP contribution in [-0.2, 0) is 4.74 Å². The second-order valence-corrected chi connectivity index (χ2v) is 5.03. The number of ether oxygens (including phenoxy) is 1. The SMILES string of the molecule is CCOC(=O)c1[nH]c2ccccc2c1-c1ccccc1Cl. The van der Waals surface area contributed by atoms with E-state index in [-0.39, 0.29) is 5.97 Å². The van der Waals surface area contributed by atoms with Crippen molar-refractivity contribution in [3.05, 3.63) is 59.2 Å². The Bertz CT molecular complexity index is 807. The number of benzene rings is 2. The van der Waals surface area contributed by atoms with Crippen molar-refractivity contribution >= 4 is 28.5 Å². The molecule has 0 fully saturated rings. The number of halogens is 1. The van der Waals surface area contributed by atoms with Gasteiger partial charge in [0.15, 0.2) is 0 Å². The number of rotatable bonds is 3. The number of hydrogen-bond donors (Lipinski definition) is 1. The summed E-state index contributed by atoms with van der Waals surface area (Å²) in [5.41, 5.74) is 2.93. The van der Waals surface area contributed by atoms with Crippen LogP contribution in [0.1, 0.15) is 17.4 Å². The smallest absolute Gasteiger partial charge is 0.355 e. The van der Waals surface area contributed by atoms with E-state index in [9.17, 15) is 4.79 Å². The number of esters is 1. The van der Waals surface area contributed by atoms with Gasteiger partial charge in [-0.15, -0.1) is 0 Å². The van der Waals surface area contributed by atoms with Crippen molar-refractivity contribution < 1.29 is 9.53 Å². The minimum atomic E-state index is -0.372. The molecule has 0 spiro atoms. The maximum absolute atomic E-state index is 12.2. The zero-order valence-electron chi connectivity index (χ0n) is 11.5. The second kappa shape index (κ2) is 5.62. The molecule has 0 saturated heterocycles. The highest BCUT2D eigenvalue weighted by Gasteiger charge is 2.21. The Hall–Kier alpha value is -2.26. The number of carbonyl (C=O) groups is 1. The van der Waals surface area contributed by atoms with Crippen LogP contribution in [0.15, 0.2) is 48.5 Å². The number of aromatic nitrogens is 1. The highest BCUT2D eigenvalue weighted by atomic mass is 35.5. The Morgan fingerprint density at radius 2 is 1.86 bits per heavy atom. The molecule has 1 N–H and O–H groups in total. The molecule has 1 aromatic heterocycles. The molecule has 0 amide bonds. The molecule has 3 rings (SSSR count). The van der Waals surface area contributed by atoms with Crippen molar-refractivity contribution in [1.29, 1.82) is 0 Å². The summed E-state index contributed by atoms with van der Waals surface area (Å²) in [7, 11) is 0. The van der Waals surface area contributed by atoms with Crippen molar-refractivity contribution in [3.8, 4) is 11.1 Å². The van der Waals surface area contributed by atoms with E-state index in [0.717, 1.165) is 22.0 Å². The third-order valence-corrected chi connectivity index (χ3v) is 3.66. The van der Waals surface area contributed by atoms with Gasteiger partial charge in [-0.25, -0.2) is 4.79 Å². The van der Waals surface area contributed by atoms with E-state index in [0.29, 0.717) is 17.3 Å². The molecule has 0 unspecified atom stereocenters. The van der Waals surface area contributed by atoms with Crippen LogP contribution in [0, 0.1) is 0 Å². The van der Waals surface area contributed by atoms with Gasteiger partial charge in [-0.05, 0) is 19.1 Å². The Kier molecular flexibility index (Phi) is 3.67. The predicted octanol–water partition coefficient (Wildman–Crippen LogP) is 4.67. The lowest BCUT2D eigenvalue weighted by Crippen LogP contribution is -2.06. The summed E-state index contributed by atoms with van der Waals surface area (Å²) in [5.74, 6) is -0.372. The first kappa shape index (κ1) is 13.7. The summed E-state index contributed by atoms with van der Waals surface area (Å²) < 4.78 is 5.15. The molecule has 3 aromatic rings. The standard InChI is InChI=1S/C17H14ClNO2/c1-2-21-17(20)16-15(11-7-3-5-9-13(11)18)12-8-4-6-10-14(12)19-16/h3-10,19H,2H2,1H3. The fraction of sp³-hybridized carbons (Fsp3) is 0.118. The Morgan fingerprint density at radius 1 is 1.14 bits per heavy atom. The van der Waals surface area contributed by atoms with E-state index in [1.807, 2.05) is 48.5 Å². The van der Waals surface area contributed by atoms with E-state index < -0.39 is 0 Å². The van der Waals surface area contributed by atoms with Crippen LogP contribution in [-0.4, -0.2) is 17.6 Å². The molecule has 0 saturated carbocycles. The monoisotopic (exact) mass is 299 g/mol. The predicted molar refractivity (Wildman–Crippen MR) is 84.7 cm³/mol. The van der Waals surface area contributed by atoms with Crippen LogP contribution in [0.5, 0.6) is 0 Å². The van der Waals surface area contributed by atoms with Crippen molar-refractivity contribution in [1.82, 2.24) is 4.98 Å². The summed E-state index contributed by atoms with van der Waals surface area (Å²) in [6, 6.07) is 15.2. The average molecular weight is 300 g/mol. The molecule has 0 aliphatic rings. The molecule has 21 heavy (non-hydrogen) atoms. The van der Waals surface area contributed by atoms with Crippen LogP contribution >= 0.6 is 11.6 Å². The molecule has 0 radical (unpaired) electrons. The number of nitrogens with one attached hydrogen (secondary N) is 1. The zero-order chi connectivity index (χ0) is 14.8. The molecule has 4 heteroatoms. The number of aromatic amines is 1. The quantitative estimate of drug-likeness (QED) is 0.714. The molecule has 0 atom stereocenters. The van der Waals surface area contributed by atoms with Crippen molar-refractivity contribution in [2.45, 2.75) is 6.92 Å². The van der Waals surface area contributed by atoms with Gasteiger partial charge in [0.25, 0.3) is 0 Å². The van der Waals surface area contributed by atoms with Crippen LogP contribution in [0.4, 0.5) is 0 Å². The highest BCUT2D eigenvalue weighted by Crippen LogP contribution is 2.36. The van der Waals surface area contributed by atoms with Crippen molar-refractivity contribution in [2.75, 3.05) is 6.61 Å². The molecule has 0 aliphatic heterocycles. The van der Waals surface area contributed by atoms with E-state index >= 15 is 0 Å². The number of para-hydroxylation sites is 1. The van der Waals surface area contributed by atoms with Crippen molar-refractivity contribution in [2.24, 2.45) is 0 Å². The summed E-state index contributed by atoms with van der Waals surface area (Å²) in [6.45, 7) is 2.12. The fourth-order valence-corrected chi connectivity index (χ4v) is 2.67. The third-order valence-electron chi connectivity index (χ3n) is 3.33. The van der Waals surface area contributed by atoms with Gasteiger partial charge >= 0.3 is 5.97 Å². The van der Waals surface area contributed by atoms with E-state index in [2.05, 4.69) is 4.98 Å². The summed E-state index contributed by atoms with van der Waals surface area (Å²) in [6.07, 6.45) is 0. The van der Waals surface area contributed by atoms with Gasteiger partial charge in [0.05, 0.1) is 6.61 Å². The molecule has 106 valence electrons. The largest absolute Gasteiger partial charge is 0.461 e. The van der Waals surface area contributed by atoms with Crippen LogP contribution in [0.3, 0.4) is 0 Å². The molecule has 1 heterocycles. The first-order chi connectivity index (χ1) is 10.2. The molecule has 0 bridgehead atoms. The van der Waals surface area contributed by atoms with Gasteiger partial charge < -0.3 is 9.72 Å². The molecular formula is C17H14ClNO2. The minimum absolute atomic E-state index is 0.330. The molecular weight excluding hydrogens is 286 g/mol. The van der Waals surface area contributed by atoms with Crippen LogP contribution < -0.4 is 0 Å². The lowest BCUT2D eigenvalue weighted by atomic mass is 10.0. The molecule has 0 aliphatic carbocycles. The van der Waals surface area contributed by atoms with Crippen LogP contribution in [0.25, 0.3) is 22.0 Å². The van der Waals surface area contributed by atoms with Gasteiger partial charge in [-0.1, -0.05) is 48.0 Å². The number of hydrogen-bond acceptors (Lipinski definition) is 2. The fourth-order valence-electron chi connectivity index (χ4n) is 2.44. The first-order valence-electron chi connectivity index (χ1n) is 6.75. The topological polar surface area (TPSA) is 42.1 Å². The normalized spacial score (nSPS) is 10.8. The second-order valence-electron chi connectivity index (χ2n) is 4.62. The van der Waals surface area contributed by atoms with E-state index in [1.165, 1.54) is 0 Å². The molecule has 3 nitrogen and oxygen atoms in total. The minimum Gasteiger partial charge on any atom is -0.461 e. The van der Waals surface area contributed by atoms with Gasteiger partial charge in [0, 0.05) is 27.1 Å². The first-order valence-corrected chi connectivity index (χ1v) is 7.13. The van der Waals surface area contributed by atoms with Crippen LogP contribution in [0.2, 0.25) is 5.02 Å². The van der Waals surface area contributed by atoms with Gasteiger partial charge in [0.2, 0.25) is 0 Å². The van der Waals surface area contributed by atoms with Crippen molar-refractivity contribution in [3.63, 3.8) is 0 Å². The van der Waals surface area contributed by atoms with E-state index in [4.69, 9.17) is 16.3 Å². The van der Waals surface area contributed by atoms with Gasteiger partial charge in [-0.3, -0.25) is 0 Å². The Labute approximate surface area is 127 Å². The summed E-state index contributed by atoms with van der Waals surface area (Å²) in [4.78, 5) is 15.4. The third kappa shape index (κ3) is 2.41. The van der Waals surface area contributed by atoms with Gasteiger partial charge in [0.1, 0.15) is 5.69 Å². The lowest BCUT2D eigenvalue weighted by molar-refractivity contribution is 0.0521. The van der Waals surface area contributed by atoms with E-state index in [1.54, 1.807) is 6.92 Å². The lowest BCUT2D eigenvalue weighted by Gasteiger charge is -2.06. The summed E-state index contributed by atoms with van der Waals surface area (Å²) >= 11 is 6.30. The molecule has 2 aromatic carbocycles. The Morgan fingerprint density at radius 3 is 2.62 bits per heavy atom. The highest BCUT2D eigenvalue weighted by molar-refractivity contribution is 6.34. The Balaban J connectivity index is 2.31. The number of fused-ring (bicyclic) bond motifs is 1.